The Balaban J connectivity index is 2.24. The van der Waals surface area contributed by atoms with Crippen LogP contribution < -0.4 is 0 Å². The van der Waals surface area contributed by atoms with E-state index in [0.717, 1.165) is 6.07 Å². The molecule has 1 aliphatic heterocycles. The molecule has 0 aromatic heterocycles. The summed E-state index contributed by atoms with van der Waals surface area (Å²) >= 11 is 5.89. The fraction of sp³-hybridized carbons (Fsp3) is 0.429. The highest BCUT2D eigenvalue weighted by Gasteiger charge is 2.33. The Morgan fingerprint density at radius 2 is 2.10 bits per heavy atom. The third-order valence-electron chi connectivity index (χ3n) is 3.65. The third kappa shape index (κ3) is 2.93. The highest BCUT2D eigenvalue weighted by atomic mass is 35.5. The summed E-state index contributed by atoms with van der Waals surface area (Å²) in [5.74, 6) is -2.33. The van der Waals surface area contributed by atoms with E-state index in [0.29, 0.717) is 12.8 Å². The lowest BCUT2D eigenvalue weighted by Crippen LogP contribution is -2.47. The Bertz CT molecular complexity index is 549. The molecule has 1 aliphatic rings. The topological polar surface area (TPSA) is 57.6 Å². The van der Waals surface area contributed by atoms with Crippen molar-refractivity contribution < 1.29 is 19.1 Å². The van der Waals surface area contributed by atoms with Crippen molar-refractivity contribution >= 4 is 23.5 Å². The van der Waals surface area contributed by atoms with Crippen molar-refractivity contribution in [3.8, 4) is 0 Å². The van der Waals surface area contributed by atoms with E-state index >= 15 is 0 Å². The van der Waals surface area contributed by atoms with E-state index in [-0.39, 0.29) is 29.1 Å². The average Bonchev–Trinajstić information content (AvgIpc) is 2.38. The molecule has 1 saturated heterocycles. The van der Waals surface area contributed by atoms with Gasteiger partial charge in [0.15, 0.2) is 0 Å². The molecule has 0 saturated carbocycles. The molecule has 1 fully saturated rings. The second-order valence-electron chi connectivity index (χ2n) is 5.04. The predicted octanol–water partition coefficient (Wildman–Crippen LogP) is 2.80. The van der Waals surface area contributed by atoms with Gasteiger partial charge in [0, 0.05) is 12.6 Å². The Hall–Kier alpha value is -1.62. The lowest BCUT2D eigenvalue weighted by molar-refractivity contribution is -0.143. The van der Waals surface area contributed by atoms with Crippen LogP contribution in [0.15, 0.2) is 18.2 Å². The first kappa shape index (κ1) is 14.8. The molecule has 4 nitrogen and oxygen atoms in total. The molecule has 20 heavy (non-hydrogen) atoms. The molecule has 1 amide bonds. The van der Waals surface area contributed by atoms with Gasteiger partial charge in [-0.1, -0.05) is 11.6 Å². The molecule has 6 heteroatoms. The van der Waals surface area contributed by atoms with Gasteiger partial charge in [-0.3, -0.25) is 9.59 Å². The van der Waals surface area contributed by atoms with E-state index in [9.17, 15) is 14.0 Å². The van der Waals surface area contributed by atoms with Gasteiger partial charge < -0.3 is 10.0 Å². The van der Waals surface area contributed by atoms with Gasteiger partial charge in [-0.05, 0) is 38.0 Å². The number of likely N-dealkylation sites (tertiary alicyclic amines) is 1. The number of benzene rings is 1. The maximum Gasteiger partial charge on any atom is 0.308 e. The SMILES string of the molecule is CC1CCC(C(=O)O)CN1C(=O)c1ccc(F)cc1Cl. The van der Waals surface area contributed by atoms with E-state index in [1.54, 1.807) is 0 Å². The zero-order valence-electron chi connectivity index (χ0n) is 11.0. The molecule has 2 unspecified atom stereocenters. The van der Waals surface area contributed by atoms with Crippen LogP contribution in [-0.2, 0) is 4.79 Å². The number of hydrogen-bond acceptors (Lipinski definition) is 2. The fourth-order valence-corrected chi connectivity index (χ4v) is 2.66. The van der Waals surface area contributed by atoms with Crippen LogP contribution in [0.4, 0.5) is 4.39 Å². The Morgan fingerprint density at radius 1 is 1.40 bits per heavy atom. The smallest absolute Gasteiger partial charge is 0.308 e. The number of piperidine rings is 1. The van der Waals surface area contributed by atoms with Gasteiger partial charge in [-0.2, -0.15) is 0 Å². The number of carboxylic acids is 1. The number of halogens is 2. The number of hydrogen-bond donors (Lipinski definition) is 1. The normalized spacial score (nSPS) is 22.6. The van der Waals surface area contributed by atoms with Crippen LogP contribution in [0.1, 0.15) is 30.1 Å². The number of rotatable bonds is 2. The van der Waals surface area contributed by atoms with Gasteiger partial charge in [-0.25, -0.2) is 4.39 Å². The van der Waals surface area contributed by atoms with Gasteiger partial charge in [-0.15, -0.1) is 0 Å². The minimum Gasteiger partial charge on any atom is -0.481 e. The largest absolute Gasteiger partial charge is 0.481 e. The molecule has 0 radical (unpaired) electrons. The molecular formula is C14H15ClFNO3. The van der Waals surface area contributed by atoms with E-state index in [1.807, 2.05) is 6.92 Å². The molecule has 1 heterocycles. The van der Waals surface area contributed by atoms with Crippen molar-refractivity contribution in [2.24, 2.45) is 5.92 Å². The summed E-state index contributed by atoms with van der Waals surface area (Å²) in [7, 11) is 0. The van der Waals surface area contributed by atoms with Gasteiger partial charge in [0.25, 0.3) is 5.91 Å². The summed E-state index contributed by atoms with van der Waals surface area (Å²) in [6.07, 6.45) is 1.18. The third-order valence-corrected chi connectivity index (χ3v) is 3.97. The van der Waals surface area contributed by atoms with Crippen molar-refractivity contribution in [3.05, 3.63) is 34.6 Å². The van der Waals surface area contributed by atoms with Crippen molar-refractivity contribution in [1.82, 2.24) is 4.90 Å². The van der Waals surface area contributed by atoms with Crippen molar-refractivity contribution in [2.75, 3.05) is 6.54 Å². The first-order chi connectivity index (χ1) is 9.40. The second kappa shape index (κ2) is 5.79. The molecular weight excluding hydrogens is 285 g/mol. The lowest BCUT2D eigenvalue weighted by Gasteiger charge is -2.36. The summed E-state index contributed by atoms with van der Waals surface area (Å²) in [6, 6.07) is 3.52. The van der Waals surface area contributed by atoms with E-state index in [2.05, 4.69) is 0 Å². The monoisotopic (exact) mass is 299 g/mol. The summed E-state index contributed by atoms with van der Waals surface area (Å²) < 4.78 is 13.0. The van der Waals surface area contributed by atoms with Crippen LogP contribution >= 0.6 is 11.6 Å². The summed E-state index contributed by atoms with van der Waals surface area (Å²) in [6.45, 7) is 2.02. The van der Waals surface area contributed by atoms with E-state index in [4.69, 9.17) is 16.7 Å². The molecule has 0 spiro atoms. The standard InChI is InChI=1S/C14H15ClFNO3/c1-8-2-3-9(14(19)20)7-17(8)13(18)11-5-4-10(16)6-12(11)15/h4-6,8-9H,2-3,7H2,1H3,(H,19,20). The van der Waals surface area contributed by atoms with Crippen LogP contribution in [0.5, 0.6) is 0 Å². The van der Waals surface area contributed by atoms with Crippen molar-refractivity contribution in [1.29, 1.82) is 0 Å². The molecule has 0 bridgehead atoms. The summed E-state index contributed by atoms with van der Waals surface area (Å²) in [5, 5.41) is 9.11. The number of nitrogens with zero attached hydrogens (tertiary/aromatic N) is 1. The van der Waals surface area contributed by atoms with Gasteiger partial charge in [0.1, 0.15) is 5.82 Å². The van der Waals surface area contributed by atoms with Crippen molar-refractivity contribution in [2.45, 2.75) is 25.8 Å². The number of carbonyl (C=O) groups is 2. The highest BCUT2D eigenvalue weighted by molar-refractivity contribution is 6.33. The Kier molecular flexibility index (Phi) is 4.28. The quantitative estimate of drug-likeness (QED) is 0.913. The van der Waals surface area contributed by atoms with E-state index < -0.39 is 17.7 Å². The number of amides is 1. The summed E-state index contributed by atoms with van der Waals surface area (Å²) in [5.41, 5.74) is 0.200. The van der Waals surface area contributed by atoms with Crippen LogP contribution in [0, 0.1) is 11.7 Å². The van der Waals surface area contributed by atoms with Gasteiger partial charge >= 0.3 is 5.97 Å². The van der Waals surface area contributed by atoms with Crippen LogP contribution in [-0.4, -0.2) is 34.5 Å². The van der Waals surface area contributed by atoms with E-state index in [1.165, 1.54) is 17.0 Å². The minimum atomic E-state index is -0.903. The lowest BCUT2D eigenvalue weighted by atomic mass is 9.93. The van der Waals surface area contributed by atoms with Crippen molar-refractivity contribution in [3.63, 3.8) is 0 Å². The van der Waals surface area contributed by atoms with Gasteiger partial charge in [0.2, 0.25) is 0 Å². The molecule has 2 rings (SSSR count). The van der Waals surface area contributed by atoms with Crippen LogP contribution in [0.25, 0.3) is 0 Å². The number of aliphatic carboxylic acids is 1. The van der Waals surface area contributed by atoms with Crippen LogP contribution in [0.3, 0.4) is 0 Å². The second-order valence-corrected chi connectivity index (χ2v) is 5.45. The minimum absolute atomic E-state index is 0.0413. The Labute approximate surface area is 121 Å². The maximum absolute atomic E-state index is 13.0. The Morgan fingerprint density at radius 3 is 2.70 bits per heavy atom. The molecule has 2 atom stereocenters. The highest BCUT2D eigenvalue weighted by Crippen LogP contribution is 2.26. The molecule has 1 aromatic rings. The molecule has 1 N–H and O–H groups in total. The molecule has 0 aliphatic carbocycles. The average molecular weight is 300 g/mol. The fourth-order valence-electron chi connectivity index (χ4n) is 2.41. The maximum atomic E-state index is 13.0. The molecule has 108 valence electrons. The van der Waals surface area contributed by atoms with Crippen LogP contribution in [0.2, 0.25) is 5.02 Å². The first-order valence-corrected chi connectivity index (χ1v) is 6.76. The molecule has 1 aromatic carbocycles. The summed E-state index contributed by atoms with van der Waals surface area (Å²) in [4.78, 5) is 25.0. The first-order valence-electron chi connectivity index (χ1n) is 6.39. The van der Waals surface area contributed by atoms with Gasteiger partial charge in [0.05, 0.1) is 16.5 Å². The zero-order chi connectivity index (χ0) is 14.9. The predicted molar refractivity (Wildman–Crippen MR) is 72.3 cm³/mol. The number of carboxylic acid groups (broad SMARTS) is 1. The number of carbonyl (C=O) groups excluding carboxylic acids is 1. The zero-order valence-corrected chi connectivity index (χ0v) is 11.7.